The minimum Gasteiger partial charge on any atom is -0.394 e. The minimum atomic E-state index is -0.773. The first-order chi connectivity index (χ1) is 13.4. The molecule has 0 radical (unpaired) electrons. The Kier molecular flexibility index (Phi) is 5.51. The number of aliphatic hydroxyl groups is 3. The molecular formula is C23H27ClO4. The number of hydrogen-bond acceptors (Lipinski definition) is 4. The predicted molar refractivity (Wildman–Crippen MR) is 109 cm³/mol. The molecule has 3 N–H and O–H groups in total. The molecule has 1 heterocycles. The van der Waals surface area contributed by atoms with Gasteiger partial charge in [-0.2, -0.15) is 0 Å². The largest absolute Gasteiger partial charge is 0.394 e. The van der Waals surface area contributed by atoms with E-state index < -0.39 is 23.9 Å². The molecule has 2 aromatic rings. The Balaban J connectivity index is 1.70. The van der Waals surface area contributed by atoms with E-state index in [-0.39, 0.29) is 6.61 Å². The first-order valence-corrected chi connectivity index (χ1v) is 10.4. The van der Waals surface area contributed by atoms with Gasteiger partial charge in [-0.1, -0.05) is 48.9 Å². The van der Waals surface area contributed by atoms with Gasteiger partial charge in [0.25, 0.3) is 0 Å². The number of hydrogen-bond donors (Lipinski definition) is 3. The monoisotopic (exact) mass is 402 g/mol. The smallest absolute Gasteiger partial charge is 0.0992 e. The van der Waals surface area contributed by atoms with Gasteiger partial charge in [0.2, 0.25) is 0 Å². The molecule has 1 fully saturated rings. The van der Waals surface area contributed by atoms with Crippen LogP contribution in [-0.2, 0) is 23.2 Å². The highest BCUT2D eigenvalue weighted by molar-refractivity contribution is 6.31. The summed E-state index contributed by atoms with van der Waals surface area (Å²) in [6, 6.07) is 12.4. The van der Waals surface area contributed by atoms with E-state index in [9.17, 15) is 15.3 Å². The molecule has 0 saturated carbocycles. The second-order valence-corrected chi connectivity index (χ2v) is 8.52. The summed E-state index contributed by atoms with van der Waals surface area (Å²) in [7, 11) is 0. The van der Waals surface area contributed by atoms with Crippen LogP contribution < -0.4 is 0 Å². The summed E-state index contributed by atoms with van der Waals surface area (Å²) in [6.45, 7) is 1.99. The summed E-state index contributed by atoms with van der Waals surface area (Å²) < 4.78 is 6.21. The third-order valence-electron chi connectivity index (χ3n) is 6.11. The maximum Gasteiger partial charge on any atom is 0.0992 e. The molecule has 4 unspecified atom stereocenters. The zero-order valence-electron chi connectivity index (χ0n) is 16.1. The Bertz CT molecular complexity index is 850. The number of benzene rings is 2. The molecule has 28 heavy (non-hydrogen) atoms. The summed E-state index contributed by atoms with van der Waals surface area (Å²) in [4.78, 5) is 0. The lowest BCUT2D eigenvalue weighted by atomic mass is 9.84. The van der Waals surface area contributed by atoms with Gasteiger partial charge < -0.3 is 20.1 Å². The highest BCUT2D eigenvalue weighted by atomic mass is 35.5. The van der Waals surface area contributed by atoms with Crippen molar-refractivity contribution in [3.63, 3.8) is 0 Å². The van der Waals surface area contributed by atoms with Gasteiger partial charge >= 0.3 is 0 Å². The van der Waals surface area contributed by atoms with Crippen LogP contribution in [0.5, 0.6) is 0 Å². The maximum atomic E-state index is 10.6. The Hall–Kier alpha value is -1.43. The molecular weight excluding hydrogens is 376 g/mol. The first-order valence-electron chi connectivity index (χ1n) is 9.99. The molecule has 1 aliphatic heterocycles. The van der Waals surface area contributed by atoms with Gasteiger partial charge in [-0.05, 0) is 46.7 Å². The second kappa shape index (κ2) is 7.77. The first kappa shape index (κ1) is 19.9. The molecule has 0 bridgehead atoms. The van der Waals surface area contributed by atoms with Crippen molar-refractivity contribution in [2.75, 3.05) is 6.61 Å². The van der Waals surface area contributed by atoms with Gasteiger partial charge in [-0.3, -0.25) is 0 Å². The third kappa shape index (κ3) is 3.60. The fourth-order valence-electron chi connectivity index (χ4n) is 4.68. The fourth-order valence-corrected chi connectivity index (χ4v) is 4.92. The van der Waals surface area contributed by atoms with Gasteiger partial charge in [-0.15, -0.1) is 0 Å². The topological polar surface area (TPSA) is 69.9 Å². The summed E-state index contributed by atoms with van der Waals surface area (Å²) in [5, 5.41) is 31.2. The van der Waals surface area contributed by atoms with E-state index in [2.05, 4.69) is 31.2 Å². The van der Waals surface area contributed by atoms with Crippen LogP contribution in [0.4, 0.5) is 0 Å². The molecule has 2 aliphatic rings. The van der Waals surface area contributed by atoms with Crippen LogP contribution in [0.1, 0.15) is 60.1 Å². The predicted octanol–water partition coefficient (Wildman–Crippen LogP) is 3.66. The van der Waals surface area contributed by atoms with E-state index in [1.165, 1.54) is 11.1 Å². The normalized spacial score (nSPS) is 29.2. The molecule has 5 heteroatoms. The van der Waals surface area contributed by atoms with Crippen LogP contribution in [-0.4, -0.2) is 34.1 Å². The van der Waals surface area contributed by atoms with Crippen molar-refractivity contribution in [2.24, 2.45) is 0 Å². The van der Waals surface area contributed by atoms with Crippen molar-refractivity contribution in [1.82, 2.24) is 0 Å². The Morgan fingerprint density at radius 3 is 2.50 bits per heavy atom. The number of halogens is 1. The van der Waals surface area contributed by atoms with Crippen LogP contribution in [0.2, 0.25) is 5.02 Å². The van der Waals surface area contributed by atoms with Crippen LogP contribution >= 0.6 is 11.6 Å². The van der Waals surface area contributed by atoms with E-state index in [4.69, 9.17) is 16.3 Å². The molecule has 1 saturated heterocycles. The molecule has 0 aromatic heterocycles. The van der Waals surface area contributed by atoms with Crippen molar-refractivity contribution < 1.29 is 20.1 Å². The van der Waals surface area contributed by atoms with Gasteiger partial charge in [0, 0.05) is 24.3 Å². The molecule has 0 amide bonds. The van der Waals surface area contributed by atoms with Crippen molar-refractivity contribution >= 4 is 11.6 Å². The fraction of sp³-hybridized carbons (Fsp3) is 0.478. The lowest BCUT2D eigenvalue weighted by molar-refractivity contribution is -0.184. The molecule has 1 aliphatic carbocycles. The Morgan fingerprint density at radius 1 is 1.11 bits per heavy atom. The SMILES string of the molecule is CCc1ccc(Cc2cc3c(cc2Cl)C(O)CC32CC(O)CC(CO)O2)cc1. The summed E-state index contributed by atoms with van der Waals surface area (Å²) in [5.74, 6) is 0. The highest BCUT2D eigenvalue weighted by Gasteiger charge is 2.50. The quantitative estimate of drug-likeness (QED) is 0.730. The average Bonchev–Trinajstić information content (AvgIpc) is 2.92. The van der Waals surface area contributed by atoms with E-state index in [0.29, 0.717) is 30.7 Å². The van der Waals surface area contributed by atoms with Crippen molar-refractivity contribution in [3.05, 3.63) is 69.2 Å². The Morgan fingerprint density at radius 2 is 1.82 bits per heavy atom. The van der Waals surface area contributed by atoms with Crippen molar-refractivity contribution in [3.8, 4) is 0 Å². The van der Waals surface area contributed by atoms with E-state index in [1.54, 1.807) is 0 Å². The molecule has 4 rings (SSSR count). The summed E-state index contributed by atoms with van der Waals surface area (Å²) in [5.41, 5.74) is 4.32. The van der Waals surface area contributed by atoms with Crippen molar-refractivity contribution in [2.45, 2.75) is 62.9 Å². The second-order valence-electron chi connectivity index (χ2n) is 8.11. The van der Waals surface area contributed by atoms with Crippen LogP contribution in [0.25, 0.3) is 0 Å². The zero-order valence-corrected chi connectivity index (χ0v) is 16.8. The van der Waals surface area contributed by atoms with E-state index in [0.717, 1.165) is 23.1 Å². The molecule has 4 atom stereocenters. The third-order valence-corrected chi connectivity index (χ3v) is 6.47. The van der Waals surface area contributed by atoms with Crippen LogP contribution in [0, 0.1) is 0 Å². The number of aryl methyl sites for hydroxylation is 1. The maximum absolute atomic E-state index is 10.6. The summed E-state index contributed by atoms with van der Waals surface area (Å²) >= 11 is 6.55. The number of ether oxygens (including phenoxy) is 1. The number of aliphatic hydroxyl groups excluding tert-OH is 3. The molecule has 2 aromatic carbocycles. The van der Waals surface area contributed by atoms with E-state index >= 15 is 0 Å². The van der Waals surface area contributed by atoms with Gasteiger partial charge in [0.05, 0.1) is 30.5 Å². The molecule has 1 spiro atoms. The number of rotatable bonds is 4. The lowest BCUT2D eigenvalue weighted by Gasteiger charge is -2.41. The standard InChI is InChI=1S/C23H27ClO4/c1-2-14-3-5-15(6-4-14)7-16-8-20-19(10-21(16)24)22(27)12-23(20)11-17(26)9-18(13-25)28-23/h3-6,8,10,17-18,22,25-27H,2,7,9,11-13H2,1H3. The van der Waals surface area contributed by atoms with Gasteiger partial charge in [0.15, 0.2) is 0 Å². The van der Waals surface area contributed by atoms with Gasteiger partial charge in [-0.25, -0.2) is 0 Å². The highest BCUT2D eigenvalue weighted by Crippen LogP contribution is 2.52. The van der Waals surface area contributed by atoms with Crippen LogP contribution in [0.3, 0.4) is 0 Å². The summed E-state index contributed by atoms with van der Waals surface area (Å²) in [6.07, 6.45) is 1.22. The average molecular weight is 403 g/mol. The van der Waals surface area contributed by atoms with Crippen LogP contribution in [0.15, 0.2) is 36.4 Å². The minimum absolute atomic E-state index is 0.144. The van der Waals surface area contributed by atoms with Gasteiger partial charge in [0.1, 0.15) is 0 Å². The lowest BCUT2D eigenvalue weighted by Crippen LogP contribution is -2.44. The Labute approximate surface area is 170 Å². The van der Waals surface area contributed by atoms with E-state index in [1.807, 2.05) is 12.1 Å². The van der Waals surface area contributed by atoms with Crippen molar-refractivity contribution in [1.29, 1.82) is 0 Å². The zero-order chi connectivity index (χ0) is 19.9. The molecule has 4 nitrogen and oxygen atoms in total. The molecule has 150 valence electrons. The number of fused-ring (bicyclic) bond motifs is 2.